The summed E-state index contributed by atoms with van der Waals surface area (Å²) >= 11 is 0. The van der Waals surface area contributed by atoms with Gasteiger partial charge in [-0.2, -0.15) is 0 Å². The molecule has 1 aromatic rings. The fourth-order valence-electron chi connectivity index (χ4n) is 1.93. The molecular weight excluding hydrogens is 250 g/mol. The normalized spacial score (nSPS) is 18.2. The summed E-state index contributed by atoms with van der Waals surface area (Å²) in [6, 6.07) is 7.68. The van der Waals surface area contributed by atoms with Crippen molar-refractivity contribution in [2.45, 2.75) is 18.9 Å². The third-order valence-corrected chi connectivity index (χ3v) is 2.91. The highest BCUT2D eigenvalue weighted by Crippen LogP contribution is 2.19. The van der Waals surface area contributed by atoms with Crippen molar-refractivity contribution in [2.75, 3.05) is 6.73 Å². The van der Waals surface area contributed by atoms with E-state index in [0.717, 1.165) is 0 Å². The summed E-state index contributed by atoms with van der Waals surface area (Å²) in [5.41, 5.74) is 0.445. The van der Waals surface area contributed by atoms with Crippen LogP contribution < -0.4 is 0 Å². The van der Waals surface area contributed by atoms with Crippen molar-refractivity contribution in [1.82, 2.24) is 4.90 Å². The second-order valence-corrected chi connectivity index (χ2v) is 4.18. The molecule has 6 heteroatoms. The number of ether oxygens (including phenoxy) is 1. The zero-order chi connectivity index (χ0) is 13.8. The molecule has 100 valence electrons. The molecule has 1 heterocycles. The highest BCUT2D eigenvalue weighted by molar-refractivity contribution is 5.97. The lowest BCUT2D eigenvalue weighted by Gasteiger charge is -2.19. The molecule has 0 bridgehead atoms. The third kappa shape index (κ3) is 2.90. The second kappa shape index (κ2) is 5.51. The summed E-state index contributed by atoms with van der Waals surface area (Å²) in [7, 11) is 0. The van der Waals surface area contributed by atoms with Gasteiger partial charge >= 0.3 is 11.9 Å². The van der Waals surface area contributed by atoms with Gasteiger partial charge < -0.3 is 9.84 Å². The van der Waals surface area contributed by atoms with Gasteiger partial charge in [-0.25, -0.2) is 4.79 Å². The molecule has 2 rings (SSSR count). The largest absolute Gasteiger partial charge is 0.481 e. The van der Waals surface area contributed by atoms with Crippen LogP contribution >= 0.6 is 0 Å². The van der Waals surface area contributed by atoms with Crippen LogP contribution in [0.5, 0.6) is 0 Å². The Kier molecular flexibility index (Phi) is 3.79. The van der Waals surface area contributed by atoms with Gasteiger partial charge in [-0.15, -0.1) is 0 Å². The first kappa shape index (κ1) is 13.1. The average molecular weight is 263 g/mol. The minimum Gasteiger partial charge on any atom is -0.481 e. The van der Waals surface area contributed by atoms with Crippen molar-refractivity contribution in [3.05, 3.63) is 35.9 Å². The lowest BCUT2D eigenvalue weighted by Crippen LogP contribution is -2.38. The molecule has 1 aromatic carbocycles. The Bertz CT molecular complexity index is 499. The van der Waals surface area contributed by atoms with Gasteiger partial charge in [-0.3, -0.25) is 14.5 Å². The maximum absolute atomic E-state index is 12.2. The van der Waals surface area contributed by atoms with Crippen LogP contribution in [0.3, 0.4) is 0 Å². The smallest absolute Gasteiger partial charge is 0.330 e. The Morgan fingerprint density at radius 1 is 1.32 bits per heavy atom. The SMILES string of the molecule is O=C(O)CC[C@H]1C(=O)OCN1C(=O)c1ccccc1. The Morgan fingerprint density at radius 3 is 2.63 bits per heavy atom. The van der Waals surface area contributed by atoms with Crippen LogP contribution in [0, 0.1) is 0 Å². The summed E-state index contributed by atoms with van der Waals surface area (Å²) in [5.74, 6) is -1.89. The van der Waals surface area contributed by atoms with Gasteiger partial charge in [0.25, 0.3) is 5.91 Å². The molecule has 0 radical (unpaired) electrons. The van der Waals surface area contributed by atoms with E-state index in [2.05, 4.69) is 0 Å². The maximum Gasteiger partial charge on any atom is 0.330 e. The van der Waals surface area contributed by atoms with E-state index in [1.807, 2.05) is 0 Å². The molecule has 0 aromatic heterocycles. The van der Waals surface area contributed by atoms with E-state index in [1.54, 1.807) is 30.3 Å². The Balaban J connectivity index is 2.12. The molecule has 0 unspecified atom stereocenters. The molecule has 1 aliphatic rings. The van der Waals surface area contributed by atoms with Crippen molar-refractivity contribution in [3.8, 4) is 0 Å². The van der Waals surface area contributed by atoms with Crippen LogP contribution in [0.25, 0.3) is 0 Å². The van der Waals surface area contributed by atoms with Gasteiger partial charge in [-0.05, 0) is 18.6 Å². The van der Waals surface area contributed by atoms with E-state index in [0.29, 0.717) is 5.56 Å². The number of carboxylic acid groups (broad SMARTS) is 1. The van der Waals surface area contributed by atoms with E-state index < -0.39 is 18.0 Å². The second-order valence-electron chi connectivity index (χ2n) is 4.18. The molecular formula is C13H13NO5. The summed E-state index contributed by atoms with van der Waals surface area (Å²) < 4.78 is 4.83. The summed E-state index contributed by atoms with van der Waals surface area (Å²) in [6.45, 7) is -0.128. The van der Waals surface area contributed by atoms with Crippen LogP contribution in [0.1, 0.15) is 23.2 Å². The molecule has 1 saturated heterocycles. The highest BCUT2D eigenvalue weighted by Gasteiger charge is 2.38. The summed E-state index contributed by atoms with van der Waals surface area (Å²) in [4.78, 5) is 35.5. The lowest BCUT2D eigenvalue weighted by molar-refractivity contribution is -0.140. The quantitative estimate of drug-likeness (QED) is 0.815. The first-order valence-corrected chi connectivity index (χ1v) is 5.84. The van der Waals surface area contributed by atoms with Gasteiger partial charge in [-0.1, -0.05) is 18.2 Å². The van der Waals surface area contributed by atoms with Gasteiger partial charge in [0.1, 0.15) is 6.04 Å². The number of nitrogens with zero attached hydrogens (tertiary/aromatic N) is 1. The third-order valence-electron chi connectivity index (χ3n) is 2.91. The Hall–Kier alpha value is -2.37. The molecule has 1 aliphatic heterocycles. The van der Waals surface area contributed by atoms with Crippen LogP contribution in [0.4, 0.5) is 0 Å². The standard InChI is InChI=1S/C13H13NO5/c15-11(16)7-6-10-13(18)19-8-14(10)12(17)9-4-2-1-3-5-9/h1-5,10H,6-8H2,(H,15,16)/t10-/m0/s1. The number of cyclic esters (lactones) is 1. The maximum atomic E-state index is 12.2. The van der Waals surface area contributed by atoms with Gasteiger partial charge in [0, 0.05) is 12.0 Å². The number of hydrogen-bond donors (Lipinski definition) is 1. The molecule has 1 N–H and O–H groups in total. The fraction of sp³-hybridized carbons (Fsp3) is 0.308. The first-order chi connectivity index (χ1) is 9.09. The molecule has 19 heavy (non-hydrogen) atoms. The van der Waals surface area contributed by atoms with Crippen molar-refractivity contribution in [2.24, 2.45) is 0 Å². The molecule has 0 aliphatic carbocycles. The highest BCUT2D eigenvalue weighted by atomic mass is 16.6. The number of benzene rings is 1. The van der Waals surface area contributed by atoms with Crippen LogP contribution in [0.15, 0.2) is 30.3 Å². The number of carbonyl (C=O) groups is 3. The molecule has 1 atom stereocenters. The number of carboxylic acids is 1. The predicted molar refractivity (Wildman–Crippen MR) is 64.2 cm³/mol. The van der Waals surface area contributed by atoms with E-state index in [-0.39, 0.29) is 25.5 Å². The Labute approximate surface area is 109 Å². The molecule has 1 fully saturated rings. The Morgan fingerprint density at radius 2 is 2.00 bits per heavy atom. The number of aliphatic carboxylic acids is 1. The monoisotopic (exact) mass is 263 g/mol. The van der Waals surface area contributed by atoms with Crippen molar-refractivity contribution in [3.63, 3.8) is 0 Å². The van der Waals surface area contributed by atoms with Crippen LogP contribution in [0.2, 0.25) is 0 Å². The summed E-state index contributed by atoms with van der Waals surface area (Å²) in [6.07, 6.45) is -0.120. The summed E-state index contributed by atoms with van der Waals surface area (Å²) in [5, 5.41) is 8.65. The van der Waals surface area contributed by atoms with Crippen LogP contribution in [-0.4, -0.2) is 40.6 Å². The molecule has 6 nitrogen and oxygen atoms in total. The molecule has 0 saturated carbocycles. The topological polar surface area (TPSA) is 83.9 Å². The van der Waals surface area contributed by atoms with Gasteiger partial charge in [0.2, 0.25) is 0 Å². The zero-order valence-electron chi connectivity index (χ0n) is 10.1. The first-order valence-electron chi connectivity index (χ1n) is 5.84. The average Bonchev–Trinajstić information content (AvgIpc) is 2.78. The number of hydrogen-bond acceptors (Lipinski definition) is 4. The fourth-order valence-corrected chi connectivity index (χ4v) is 1.93. The van der Waals surface area contributed by atoms with E-state index in [9.17, 15) is 14.4 Å². The zero-order valence-corrected chi connectivity index (χ0v) is 10.1. The van der Waals surface area contributed by atoms with Crippen molar-refractivity contribution < 1.29 is 24.2 Å². The van der Waals surface area contributed by atoms with Crippen LogP contribution in [-0.2, 0) is 14.3 Å². The van der Waals surface area contributed by atoms with E-state index in [1.165, 1.54) is 4.90 Å². The van der Waals surface area contributed by atoms with Gasteiger partial charge in [0.15, 0.2) is 6.73 Å². The van der Waals surface area contributed by atoms with Crippen molar-refractivity contribution >= 4 is 17.8 Å². The van der Waals surface area contributed by atoms with Crippen molar-refractivity contribution in [1.29, 1.82) is 0 Å². The minimum absolute atomic E-state index is 0.0622. The number of carbonyl (C=O) groups excluding carboxylic acids is 2. The molecule has 1 amide bonds. The predicted octanol–water partition coefficient (Wildman–Crippen LogP) is 0.876. The van der Waals surface area contributed by atoms with E-state index in [4.69, 9.17) is 9.84 Å². The number of esters is 1. The number of amides is 1. The lowest BCUT2D eigenvalue weighted by atomic mass is 10.1. The van der Waals surface area contributed by atoms with E-state index >= 15 is 0 Å². The molecule has 0 spiro atoms. The van der Waals surface area contributed by atoms with Gasteiger partial charge in [0.05, 0.1) is 0 Å². The number of rotatable bonds is 4. The minimum atomic E-state index is -1.01.